The summed E-state index contributed by atoms with van der Waals surface area (Å²) in [7, 11) is -6.15. The monoisotopic (exact) mass is 389 g/mol. The molecule has 0 aliphatic heterocycles. The molecule has 0 unspecified atom stereocenters. The first kappa shape index (κ1) is 18.9. The molecule has 0 saturated heterocycles. The van der Waals surface area contributed by atoms with Gasteiger partial charge in [-0.2, -0.15) is 4.39 Å². The average molecular weight is 390 g/mol. The van der Waals surface area contributed by atoms with Crippen molar-refractivity contribution in [3.63, 3.8) is 0 Å². The summed E-state index contributed by atoms with van der Waals surface area (Å²) in [6, 6.07) is 10.7. The van der Waals surface area contributed by atoms with Crippen LogP contribution in [0.1, 0.15) is 16.7 Å². The van der Waals surface area contributed by atoms with Gasteiger partial charge in [-0.05, 0) is 38.0 Å². The van der Waals surface area contributed by atoms with E-state index in [2.05, 4.69) is 0 Å². The highest BCUT2D eigenvalue weighted by atomic mass is 32.2. The van der Waals surface area contributed by atoms with Crippen molar-refractivity contribution in [2.75, 3.05) is 0 Å². The molecule has 3 rings (SSSR count). The van der Waals surface area contributed by atoms with Crippen LogP contribution in [0, 0.1) is 26.7 Å². The first-order valence-corrected chi connectivity index (χ1v) is 13.5. The van der Waals surface area contributed by atoms with Crippen molar-refractivity contribution in [3.8, 4) is 0 Å². The summed E-state index contributed by atoms with van der Waals surface area (Å²) >= 11 is 0. The predicted octanol–water partition coefficient (Wildman–Crippen LogP) is 4.49. The summed E-state index contributed by atoms with van der Waals surface area (Å²) in [5.74, 6) is -0.648. The van der Waals surface area contributed by atoms with Crippen LogP contribution in [0.25, 0.3) is 10.9 Å². The summed E-state index contributed by atoms with van der Waals surface area (Å²) in [5.41, 5.74) is 2.66. The Balaban J connectivity index is 2.46. The maximum absolute atomic E-state index is 15.5. The van der Waals surface area contributed by atoms with Crippen LogP contribution < -0.4 is 5.19 Å². The zero-order chi connectivity index (χ0) is 19.4. The van der Waals surface area contributed by atoms with Crippen molar-refractivity contribution in [1.82, 2.24) is 3.97 Å². The molecule has 1 heterocycles. The van der Waals surface area contributed by atoms with Gasteiger partial charge in [0.2, 0.25) is 5.95 Å². The minimum absolute atomic E-state index is 0.185. The van der Waals surface area contributed by atoms with E-state index in [0.29, 0.717) is 27.2 Å². The van der Waals surface area contributed by atoms with Crippen LogP contribution in [-0.2, 0) is 10.0 Å². The van der Waals surface area contributed by atoms with Crippen molar-refractivity contribution in [2.45, 2.75) is 45.3 Å². The third-order valence-electron chi connectivity index (χ3n) is 4.63. The standard InChI is InChI=1S/C20H24FNO2SSi/c1-13-11-14(2)18(15(3)12-13)25(23,24)22-17-10-8-7-9-16(17)19(20(22)21)26(4,5)6/h7-12H,1-6H3. The van der Waals surface area contributed by atoms with E-state index in [-0.39, 0.29) is 4.90 Å². The minimum Gasteiger partial charge on any atom is -0.208 e. The van der Waals surface area contributed by atoms with Crippen LogP contribution in [0.4, 0.5) is 4.39 Å². The summed E-state index contributed by atoms with van der Waals surface area (Å²) < 4.78 is 43.4. The lowest BCUT2D eigenvalue weighted by Gasteiger charge is -2.16. The Bertz CT molecular complexity index is 1100. The molecule has 0 aliphatic rings. The SMILES string of the molecule is Cc1cc(C)c(S(=O)(=O)n2c(F)c([Si](C)(C)C)c3ccccc32)c(C)c1. The molecule has 1 aromatic heterocycles. The molecule has 0 spiro atoms. The van der Waals surface area contributed by atoms with Crippen molar-refractivity contribution in [2.24, 2.45) is 0 Å². The van der Waals surface area contributed by atoms with Crippen LogP contribution in [-0.4, -0.2) is 20.5 Å². The summed E-state index contributed by atoms with van der Waals surface area (Å²) in [4.78, 5) is 0.185. The van der Waals surface area contributed by atoms with Gasteiger partial charge >= 0.3 is 0 Å². The molecular formula is C20H24FNO2SSi. The minimum atomic E-state index is -4.05. The first-order chi connectivity index (χ1) is 12.0. The Morgan fingerprint density at radius 1 is 0.962 bits per heavy atom. The molecule has 0 amide bonds. The van der Waals surface area contributed by atoms with Gasteiger partial charge in [-0.1, -0.05) is 55.5 Å². The maximum atomic E-state index is 15.5. The van der Waals surface area contributed by atoms with Crippen molar-refractivity contribution in [3.05, 3.63) is 59.0 Å². The van der Waals surface area contributed by atoms with Crippen LogP contribution in [0.2, 0.25) is 19.6 Å². The number of fused-ring (bicyclic) bond motifs is 1. The number of hydrogen-bond donors (Lipinski definition) is 0. The zero-order valence-corrected chi connectivity index (χ0v) is 17.8. The fourth-order valence-electron chi connectivity index (χ4n) is 3.79. The second-order valence-electron chi connectivity index (χ2n) is 7.93. The first-order valence-electron chi connectivity index (χ1n) is 8.59. The van der Waals surface area contributed by atoms with Gasteiger partial charge in [0.15, 0.2) is 0 Å². The van der Waals surface area contributed by atoms with Gasteiger partial charge in [-0.25, -0.2) is 12.4 Å². The summed E-state index contributed by atoms with van der Waals surface area (Å²) in [6.07, 6.45) is 0. The molecule has 0 saturated carbocycles. The third kappa shape index (κ3) is 2.81. The van der Waals surface area contributed by atoms with E-state index < -0.39 is 24.0 Å². The Labute approximate surface area is 155 Å². The van der Waals surface area contributed by atoms with Crippen LogP contribution in [0.5, 0.6) is 0 Å². The Morgan fingerprint density at radius 3 is 2.04 bits per heavy atom. The molecule has 0 fully saturated rings. The lowest BCUT2D eigenvalue weighted by Crippen LogP contribution is -2.40. The molecule has 6 heteroatoms. The van der Waals surface area contributed by atoms with Gasteiger partial charge in [-0.3, -0.25) is 0 Å². The summed E-state index contributed by atoms with van der Waals surface area (Å²) in [6.45, 7) is 11.5. The Hall–Kier alpha value is -1.92. The van der Waals surface area contributed by atoms with Crippen LogP contribution >= 0.6 is 0 Å². The van der Waals surface area contributed by atoms with Gasteiger partial charge in [0.05, 0.1) is 18.5 Å². The van der Waals surface area contributed by atoms with Crippen LogP contribution in [0.3, 0.4) is 0 Å². The van der Waals surface area contributed by atoms with Crippen molar-refractivity contribution >= 4 is 34.2 Å². The van der Waals surface area contributed by atoms with E-state index in [0.717, 1.165) is 9.54 Å². The van der Waals surface area contributed by atoms with Crippen molar-refractivity contribution in [1.29, 1.82) is 0 Å². The molecule has 0 aliphatic carbocycles. The molecule has 3 nitrogen and oxygen atoms in total. The Kier molecular flexibility index (Phi) is 4.40. The summed E-state index contributed by atoms with van der Waals surface area (Å²) in [5, 5.41) is 1.24. The van der Waals surface area contributed by atoms with E-state index in [1.54, 1.807) is 26.0 Å². The molecule has 0 N–H and O–H groups in total. The molecule has 0 radical (unpaired) electrons. The van der Waals surface area contributed by atoms with Gasteiger partial charge in [0.25, 0.3) is 10.0 Å². The predicted molar refractivity (Wildman–Crippen MR) is 108 cm³/mol. The van der Waals surface area contributed by atoms with E-state index in [4.69, 9.17) is 0 Å². The molecule has 0 atom stereocenters. The topological polar surface area (TPSA) is 39.1 Å². The smallest absolute Gasteiger partial charge is 0.208 e. The second kappa shape index (κ2) is 6.06. The highest BCUT2D eigenvalue weighted by Gasteiger charge is 2.34. The number of para-hydroxylation sites is 1. The van der Waals surface area contributed by atoms with E-state index in [1.807, 2.05) is 50.8 Å². The number of halogens is 1. The second-order valence-corrected chi connectivity index (χ2v) is 14.7. The molecular weight excluding hydrogens is 365 g/mol. The third-order valence-corrected chi connectivity index (χ3v) is 8.60. The van der Waals surface area contributed by atoms with Crippen LogP contribution in [0.15, 0.2) is 41.3 Å². The molecule has 2 aromatic carbocycles. The molecule has 26 heavy (non-hydrogen) atoms. The highest BCUT2D eigenvalue weighted by Crippen LogP contribution is 2.29. The highest BCUT2D eigenvalue weighted by molar-refractivity contribution is 7.90. The van der Waals surface area contributed by atoms with Crippen molar-refractivity contribution < 1.29 is 12.8 Å². The quantitative estimate of drug-likeness (QED) is 0.619. The number of nitrogens with zero attached hydrogens (tertiary/aromatic N) is 1. The average Bonchev–Trinajstić information content (AvgIpc) is 2.77. The largest absolute Gasteiger partial charge is 0.270 e. The molecule has 3 aromatic rings. The van der Waals surface area contributed by atoms with Gasteiger partial charge < -0.3 is 0 Å². The number of aromatic nitrogens is 1. The fraction of sp³-hybridized carbons (Fsp3) is 0.300. The normalized spacial score (nSPS) is 12.7. The fourth-order valence-corrected chi connectivity index (χ4v) is 7.46. The number of aryl methyl sites for hydroxylation is 3. The molecule has 0 bridgehead atoms. The van der Waals surface area contributed by atoms with Gasteiger partial charge in [0, 0.05) is 10.6 Å². The molecule has 138 valence electrons. The maximum Gasteiger partial charge on any atom is 0.270 e. The number of benzene rings is 2. The Morgan fingerprint density at radius 2 is 1.50 bits per heavy atom. The number of rotatable bonds is 3. The van der Waals surface area contributed by atoms with E-state index in [1.165, 1.54) is 0 Å². The van der Waals surface area contributed by atoms with Gasteiger partial charge in [-0.15, -0.1) is 0 Å². The van der Waals surface area contributed by atoms with Gasteiger partial charge in [0.1, 0.15) is 0 Å². The lowest BCUT2D eigenvalue weighted by atomic mass is 10.1. The zero-order valence-electron chi connectivity index (χ0n) is 16.0. The van der Waals surface area contributed by atoms with E-state index in [9.17, 15) is 8.42 Å². The lowest BCUT2D eigenvalue weighted by molar-refractivity contribution is 0.548. The number of hydrogen-bond acceptors (Lipinski definition) is 2. The van der Waals surface area contributed by atoms with E-state index >= 15 is 4.39 Å².